The van der Waals surface area contributed by atoms with Crippen LogP contribution in [-0.4, -0.2) is 78.3 Å². The van der Waals surface area contributed by atoms with Crippen molar-refractivity contribution in [3.05, 3.63) is 0 Å². The van der Waals surface area contributed by atoms with Crippen molar-refractivity contribution in [3.8, 4) is 0 Å². The van der Waals surface area contributed by atoms with Crippen molar-refractivity contribution in [2.24, 2.45) is 5.73 Å². The minimum absolute atomic E-state index is 0.0205. The van der Waals surface area contributed by atoms with E-state index in [1.165, 1.54) is 21.6 Å². The molecule has 3 amide bonds. The first-order valence-electron chi connectivity index (χ1n) is 12.4. The van der Waals surface area contributed by atoms with E-state index >= 15 is 0 Å². The maximum atomic E-state index is 11.8. The minimum Gasteiger partial charge on any atom is -0.448 e. The Labute approximate surface area is 249 Å². The molecule has 0 aromatic carbocycles. The molecule has 222 valence electrons. The number of carbonyl (C=O) groups excluding carboxylic acids is 4. The predicted octanol–water partition coefficient (Wildman–Crippen LogP) is 3.17. The van der Waals surface area contributed by atoms with Gasteiger partial charge in [0.05, 0.1) is 19.2 Å². The first kappa shape index (κ1) is 37.8. The van der Waals surface area contributed by atoms with Crippen molar-refractivity contribution >= 4 is 83.0 Å². The lowest BCUT2D eigenvalue weighted by Gasteiger charge is -2.09. The first-order valence-corrected chi connectivity index (χ1v) is 19.5. The maximum Gasteiger partial charge on any atom is 0.407 e. The Hall–Kier alpha value is -0.230. The average molecular weight is 731 g/mol. The summed E-state index contributed by atoms with van der Waals surface area (Å²) >= 11 is 1.92. The van der Waals surface area contributed by atoms with Crippen LogP contribution in [-0.2, 0) is 28.2 Å². The van der Waals surface area contributed by atoms with Gasteiger partial charge < -0.3 is 35.8 Å². The maximum absolute atomic E-state index is 11.8. The zero-order valence-electron chi connectivity index (χ0n) is 21.4. The molecule has 38 heavy (non-hydrogen) atoms. The van der Waals surface area contributed by atoms with Gasteiger partial charge in [-0.05, 0) is 34.6 Å². The number of ether oxygens (including phenoxy) is 1. The lowest BCUT2D eigenvalue weighted by atomic mass is 10.2. The van der Waals surface area contributed by atoms with E-state index < -0.39 is 20.4 Å². The number of halogens is 1. The van der Waals surface area contributed by atoms with E-state index in [0.717, 1.165) is 41.0 Å². The van der Waals surface area contributed by atoms with Crippen LogP contribution < -0.4 is 21.7 Å². The third-order valence-corrected chi connectivity index (χ3v) is 9.40. The molecule has 12 nitrogen and oxygen atoms in total. The van der Waals surface area contributed by atoms with Crippen LogP contribution >= 0.6 is 60.0 Å². The number of rotatable bonds is 24. The van der Waals surface area contributed by atoms with Gasteiger partial charge in [0.25, 0.3) is 0 Å². The first-order chi connectivity index (χ1) is 18.3. The van der Waals surface area contributed by atoms with Crippen LogP contribution in [0.3, 0.4) is 0 Å². The van der Waals surface area contributed by atoms with Gasteiger partial charge in [0.1, 0.15) is 6.61 Å². The fourth-order valence-electron chi connectivity index (χ4n) is 2.75. The predicted molar refractivity (Wildman–Crippen MR) is 164 cm³/mol. The summed E-state index contributed by atoms with van der Waals surface area (Å²) in [6, 6.07) is -0.486. The van der Waals surface area contributed by atoms with Crippen molar-refractivity contribution in [3.63, 3.8) is 0 Å². The normalized spacial score (nSPS) is 12.4. The van der Waals surface area contributed by atoms with Crippen LogP contribution in [0.25, 0.3) is 0 Å². The number of hydrogen-bond acceptors (Lipinski definition) is 11. The average Bonchev–Trinajstić information content (AvgIpc) is 2.89. The van der Waals surface area contributed by atoms with Gasteiger partial charge in [0.2, 0.25) is 16.9 Å². The Morgan fingerprint density at radius 1 is 0.842 bits per heavy atom. The summed E-state index contributed by atoms with van der Waals surface area (Å²) in [6.45, 7) is 1.62. The molecule has 1 unspecified atom stereocenters. The van der Waals surface area contributed by atoms with E-state index in [4.69, 9.17) is 15.4 Å². The van der Waals surface area contributed by atoms with E-state index in [-0.39, 0.29) is 36.7 Å². The quantitative estimate of drug-likeness (QED) is 0.0424. The molecule has 0 aliphatic carbocycles. The van der Waals surface area contributed by atoms with Crippen molar-refractivity contribution < 1.29 is 37.9 Å². The number of carbonyl (C=O) groups is 4. The molecule has 17 heteroatoms. The molecule has 0 fully saturated rings. The second kappa shape index (κ2) is 27.0. The topological polar surface area (TPSA) is 186 Å². The van der Waals surface area contributed by atoms with Gasteiger partial charge in [0, 0.05) is 58.6 Å². The molecule has 0 radical (unpaired) electrons. The summed E-state index contributed by atoms with van der Waals surface area (Å²) < 4.78 is 20.0. The summed E-state index contributed by atoms with van der Waals surface area (Å²) in [5.74, 6) is 1.04. The van der Waals surface area contributed by atoms with Gasteiger partial charge >= 0.3 is 14.3 Å². The molecule has 2 atom stereocenters. The molecule has 0 aliphatic rings. The summed E-state index contributed by atoms with van der Waals surface area (Å²) in [7, 11) is 1.26. The summed E-state index contributed by atoms with van der Waals surface area (Å²) in [6.07, 6.45) is 5.69. The van der Waals surface area contributed by atoms with Crippen LogP contribution in [0.4, 0.5) is 4.79 Å². The molecule has 0 aliphatic heterocycles. The number of alkyl carbamates (subject to hydrolysis) is 1. The molecule has 0 spiro atoms. The second-order valence-corrected chi connectivity index (χ2v) is 13.3. The molecular weight excluding hydrogens is 690 g/mol. The van der Waals surface area contributed by atoms with E-state index in [0.29, 0.717) is 50.3 Å². The highest BCUT2D eigenvalue weighted by atomic mass is 127. The Bertz CT molecular complexity index is 715. The second-order valence-electron chi connectivity index (χ2n) is 7.96. The third kappa shape index (κ3) is 26.0. The number of hydrogen-bond donors (Lipinski definition) is 5. The highest BCUT2D eigenvalue weighted by Crippen LogP contribution is 2.24. The van der Waals surface area contributed by atoms with Gasteiger partial charge in [-0.25, -0.2) is 4.79 Å². The van der Waals surface area contributed by atoms with Crippen LogP contribution in [0.2, 0.25) is 0 Å². The van der Waals surface area contributed by atoms with Crippen LogP contribution in [0.5, 0.6) is 0 Å². The van der Waals surface area contributed by atoms with Crippen LogP contribution in [0.15, 0.2) is 0 Å². The third-order valence-electron chi connectivity index (χ3n) is 4.75. The van der Waals surface area contributed by atoms with Gasteiger partial charge in [0.15, 0.2) is 0 Å². The van der Waals surface area contributed by atoms with Gasteiger partial charge in [-0.1, -0.05) is 40.9 Å². The highest BCUT2D eigenvalue weighted by molar-refractivity contribution is 14.2. The van der Waals surface area contributed by atoms with Gasteiger partial charge in [-0.2, -0.15) is 0 Å². The van der Waals surface area contributed by atoms with E-state index in [2.05, 4.69) is 20.5 Å². The summed E-state index contributed by atoms with van der Waals surface area (Å²) in [5.41, 5.74) is 5.73. The van der Waals surface area contributed by atoms with E-state index in [1.54, 1.807) is 0 Å². The molecule has 0 saturated heterocycles. The Morgan fingerprint density at radius 2 is 1.47 bits per heavy atom. The smallest absolute Gasteiger partial charge is 0.407 e. The zero-order chi connectivity index (χ0) is 28.4. The SMILES string of the molecule is N[C@@H](CSSCCC(=O)NCCCCCC(=O)NCCOC(=O)NCCCCCCO[PH](=O)O)C(=O)SI. The van der Waals surface area contributed by atoms with Gasteiger partial charge in [-0.15, -0.1) is 0 Å². The van der Waals surface area contributed by atoms with Crippen LogP contribution in [0.1, 0.15) is 57.8 Å². The van der Waals surface area contributed by atoms with E-state index in [9.17, 15) is 23.7 Å². The van der Waals surface area contributed by atoms with Crippen molar-refractivity contribution in [2.45, 2.75) is 63.8 Å². The number of nitrogens with two attached hydrogens (primary N) is 1. The lowest BCUT2D eigenvalue weighted by Crippen LogP contribution is -2.31. The molecule has 0 heterocycles. The number of nitrogens with one attached hydrogen (secondary N) is 3. The molecule has 0 saturated carbocycles. The fraction of sp³-hybridized carbons (Fsp3) is 0.810. The van der Waals surface area contributed by atoms with E-state index in [1.807, 2.05) is 21.2 Å². The Kier molecular flexibility index (Phi) is 26.8. The summed E-state index contributed by atoms with van der Waals surface area (Å²) in [5, 5.41) is 8.15. The summed E-state index contributed by atoms with van der Waals surface area (Å²) in [4.78, 5) is 55.2. The number of unbranched alkanes of at least 4 members (excludes halogenated alkanes) is 5. The lowest BCUT2D eigenvalue weighted by molar-refractivity contribution is -0.122. The fourth-order valence-corrected chi connectivity index (χ4v) is 6.46. The molecule has 0 rings (SSSR count). The monoisotopic (exact) mass is 730 g/mol. The molecule has 0 bridgehead atoms. The highest BCUT2D eigenvalue weighted by Gasteiger charge is 2.13. The van der Waals surface area contributed by atoms with Crippen molar-refractivity contribution in [1.82, 2.24) is 16.0 Å². The molecular formula is C21H40IN4O8PS3. The molecule has 6 N–H and O–H groups in total. The Morgan fingerprint density at radius 3 is 2.18 bits per heavy atom. The number of amides is 3. The zero-order valence-corrected chi connectivity index (χ0v) is 27.0. The molecule has 0 aromatic rings. The standard InChI is InChI=1S/C21H40IN4O8PS3/c22-38-20(29)17(23)16-37-36-15-9-19(28)24-10-6-3-4-8-18(27)25-12-14-33-21(30)26-11-5-1-2-7-13-34-35(31)32/h17,35H,1-16,23H2,(H,24,28)(H,25,27)(H,26,30)(H,31,32)/t17-/m0/s1. The van der Waals surface area contributed by atoms with Gasteiger partial charge in [-0.3, -0.25) is 18.9 Å². The van der Waals surface area contributed by atoms with Crippen molar-refractivity contribution in [1.29, 1.82) is 0 Å². The molecule has 0 aromatic heterocycles. The Balaban J connectivity index is 3.47. The minimum atomic E-state index is -2.85. The van der Waals surface area contributed by atoms with Crippen LogP contribution in [0, 0.1) is 0 Å². The van der Waals surface area contributed by atoms with Crippen molar-refractivity contribution in [2.75, 3.05) is 44.4 Å². The largest absolute Gasteiger partial charge is 0.448 e.